The quantitative estimate of drug-likeness (QED) is 0.554. The molecule has 0 bridgehead atoms. The summed E-state index contributed by atoms with van der Waals surface area (Å²) >= 11 is 0. The van der Waals surface area contributed by atoms with Gasteiger partial charge in [0.05, 0.1) is 6.07 Å². The molecule has 0 saturated carbocycles. The van der Waals surface area contributed by atoms with E-state index in [1.807, 2.05) is 35.8 Å². The van der Waals surface area contributed by atoms with Crippen LogP contribution in [0.15, 0.2) is 41.7 Å². The fraction of sp³-hybridized carbons (Fsp3) is 0.111. The molecule has 0 atom stereocenters. The van der Waals surface area contributed by atoms with Crippen LogP contribution in [0.3, 0.4) is 0 Å². The van der Waals surface area contributed by atoms with Crippen molar-refractivity contribution in [3.63, 3.8) is 0 Å². The molecule has 2 rings (SSSR count). The average Bonchev–Trinajstić information content (AvgIpc) is 2.18. The van der Waals surface area contributed by atoms with Crippen molar-refractivity contribution in [2.45, 2.75) is 0 Å². The first-order valence-electron chi connectivity index (χ1n) is 3.92. The van der Waals surface area contributed by atoms with Gasteiger partial charge in [0.2, 0.25) is 0 Å². The second kappa shape index (κ2) is 3.15. The molecular formula is C9H8N4. The molecule has 0 aromatic rings. The number of aliphatic imine (C=N–C) groups is 1. The molecule has 0 aromatic carbocycles. The molecule has 0 fully saturated rings. The van der Waals surface area contributed by atoms with Crippen molar-refractivity contribution in [1.82, 2.24) is 9.80 Å². The number of hydrogen-bond acceptors (Lipinski definition) is 4. The summed E-state index contributed by atoms with van der Waals surface area (Å²) < 4.78 is 0. The summed E-state index contributed by atoms with van der Waals surface area (Å²) in [6, 6.07) is 2.07. The van der Waals surface area contributed by atoms with Gasteiger partial charge in [-0.25, -0.2) is 4.99 Å². The van der Waals surface area contributed by atoms with Crippen molar-refractivity contribution in [1.29, 1.82) is 5.26 Å². The Morgan fingerprint density at radius 2 is 2.31 bits per heavy atom. The van der Waals surface area contributed by atoms with Crippen LogP contribution < -0.4 is 0 Å². The minimum absolute atomic E-state index is 0.354. The Bertz CT molecular complexity index is 356. The highest BCUT2D eigenvalue weighted by Gasteiger charge is 2.10. The molecule has 2 heterocycles. The van der Waals surface area contributed by atoms with E-state index in [1.54, 1.807) is 11.1 Å². The maximum Gasteiger partial charge on any atom is 0.153 e. The number of rotatable bonds is 1. The summed E-state index contributed by atoms with van der Waals surface area (Å²) in [5.74, 6) is 0.834. The summed E-state index contributed by atoms with van der Waals surface area (Å²) in [5, 5.41) is 8.49. The molecule has 0 radical (unpaired) electrons. The highest BCUT2D eigenvalue weighted by atomic mass is 15.3. The third kappa shape index (κ3) is 1.44. The molecule has 0 saturated heterocycles. The maximum atomic E-state index is 8.49. The van der Waals surface area contributed by atoms with Crippen molar-refractivity contribution < 1.29 is 0 Å². The second-order valence-corrected chi connectivity index (χ2v) is 2.64. The van der Waals surface area contributed by atoms with E-state index in [1.165, 1.54) is 0 Å². The van der Waals surface area contributed by atoms with Crippen LogP contribution >= 0.6 is 0 Å². The van der Waals surface area contributed by atoms with E-state index in [4.69, 9.17) is 5.26 Å². The smallest absolute Gasteiger partial charge is 0.153 e. The molecule has 0 spiro atoms. The lowest BCUT2D eigenvalue weighted by molar-refractivity contribution is 0.480. The van der Waals surface area contributed by atoms with Gasteiger partial charge in [0.25, 0.3) is 0 Å². The molecule has 4 heteroatoms. The van der Waals surface area contributed by atoms with Crippen LogP contribution in [0.25, 0.3) is 0 Å². The maximum absolute atomic E-state index is 8.49. The van der Waals surface area contributed by atoms with Crippen molar-refractivity contribution in [3.05, 3.63) is 36.7 Å². The van der Waals surface area contributed by atoms with Crippen molar-refractivity contribution in [2.24, 2.45) is 4.99 Å². The minimum atomic E-state index is 0.354. The molecule has 13 heavy (non-hydrogen) atoms. The van der Waals surface area contributed by atoms with Crippen molar-refractivity contribution >= 4 is 6.21 Å². The Labute approximate surface area is 76.4 Å². The predicted octanol–water partition coefficient (Wildman–Crippen LogP) is 0.996. The average molecular weight is 172 g/mol. The fourth-order valence-corrected chi connectivity index (χ4v) is 1.15. The summed E-state index contributed by atoms with van der Waals surface area (Å²) in [6.07, 6.45) is 11.1. The lowest BCUT2D eigenvalue weighted by Gasteiger charge is -2.25. The minimum Gasteiger partial charge on any atom is -0.336 e. The molecule has 0 unspecified atom stereocenters. The van der Waals surface area contributed by atoms with Gasteiger partial charge in [0.15, 0.2) is 5.82 Å². The van der Waals surface area contributed by atoms with Gasteiger partial charge in [-0.1, -0.05) is 0 Å². The first kappa shape index (κ1) is 7.62. The molecular weight excluding hydrogens is 164 g/mol. The third-order valence-electron chi connectivity index (χ3n) is 1.76. The van der Waals surface area contributed by atoms with E-state index in [-0.39, 0.29) is 0 Å². The fourth-order valence-electron chi connectivity index (χ4n) is 1.15. The van der Waals surface area contributed by atoms with E-state index in [0.717, 1.165) is 5.82 Å². The van der Waals surface area contributed by atoms with Gasteiger partial charge >= 0.3 is 0 Å². The van der Waals surface area contributed by atoms with Crippen LogP contribution in [0.1, 0.15) is 0 Å². The number of nitriles is 1. The standard InChI is InChI=1S/C9H8N4/c10-2-5-12-6-7-13-4-1-3-11-9(13)8-12/h1,3-4,6-8H,5H2. The van der Waals surface area contributed by atoms with Gasteiger partial charge in [-0.2, -0.15) is 5.26 Å². The molecule has 0 aromatic heterocycles. The largest absolute Gasteiger partial charge is 0.336 e. The van der Waals surface area contributed by atoms with Crippen LogP contribution in [0.2, 0.25) is 0 Å². The van der Waals surface area contributed by atoms with Gasteiger partial charge in [-0.05, 0) is 6.08 Å². The lowest BCUT2D eigenvalue weighted by Crippen LogP contribution is -2.22. The zero-order chi connectivity index (χ0) is 9.10. The molecule has 2 aliphatic heterocycles. The Balaban J connectivity index is 2.19. The number of allylic oxidation sites excluding steroid dienone is 1. The van der Waals surface area contributed by atoms with Crippen LogP contribution in [0.4, 0.5) is 0 Å². The second-order valence-electron chi connectivity index (χ2n) is 2.64. The topological polar surface area (TPSA) is 42.6 Å². The first-order chi connectivity index (χ1) is 6.40. The van der Waals surface area contributed by atoms with Gasteiger partial charge in [-0.3, -0.25) is 0 Å². The van der Waals surface area contributed by atoms with Crippen LogP contribution in [0.5, 0.6) is 0 Å². The normalized spacial score (nSPS) is 18.2. The Morgan fingerprint density at radius 3 is 3.15 bits per heavy atom. The van der Waals surface area contributed by atoms with E-state index in [0.29, 0.717) is 6.54 Å². The molecule has 0 aliphatic carbocycles. The monoisotopic (exact) mass is 172 g/mol. The lowest BCUT2D eigenvalue weighted by atomic mass is 10.4. The van der Waals surface area contributed by atoms with E-state index >= 15 is 0 Å². The summed E-state index contributed by atoms with van der Waals surface area (Å²) in [7, 11) is 0. The van der Waals surface area contributed by atoms with Gasteiger partial charge in [-0.15, -0.1) is 0 Å². The zero-order valence-corrected chi connectivity index (χ0v) is 6.96. The van der Waals surface area contributed by atoms with Crippen LogP contribution in [-0.2, 0) is 0 Å². The molecule has 4 nitrogen and oxygen atoms in total. The number of nitrogens with zero attached hydrogens (tertiary/aromatic N) is 4. The molecule has 64 valence electrons. The molecule has 0 amide bonds. The SMILES string of the molecule is N#CCN1C=CN2C=CC=NC2=C1. The van der Waals surface area contributed by atoms with Crippen molar-refractivity contribution in [2.75, 3.05) is 6.54 Å². The number of hydrogen-bond donors (Lipinski definition) is 0. The number of fused-ring (bicyclic) bond motifs is 1. The van der Waals surface area contributed by atoms with Crippen LogP contribution in [0, 0.1) is 11.3 Å². The van der Waals surface area contributed by atoms with Gasteiger partial charge < -0.3 is 9.80 Å². The van der Waals surface area contributed by atoms with Gasteiger partial charge in [0, 0.05) is 31.0 Å². The summed E-state index contributed by atoms with van der Waals surface area (Å²) in [4.78, 5) is 7.85. The van der Waals surface area contributed by atoms with E-state index < -0.39 is 0 Å². The third-order valence-corrected chi connectivity index (χ3v) is 1.76. The predicted molar refractivity (Wildman–Crippen MR) is 49.0 cm³/mol. The first-order valence-corrected chi connectivity index (χ1v) is 3.92. The summed E-state index contributed by atoms with van der Waals surface area (Å²) in [6.45, 7) is 0.354. The molecule has 0 N–H and O–H groups in total. The Morgan fingerprint density at radius 1 is 1.38 bits per heavy atom. The highest BCUT2D eigenvalue weighted by molar-refractivity contribution is 5.73. The highest BCUT2D eigenvalue weighted by Crippen LogP contribution is 2.16. The van der Waals surface area contributed by atoms with Gasteiger partial charge in [0.1, 0.15) is 6.54 Å². The van der Waals surface area contributed by atoms with Crippen LogP contribution in [-0.4, -0.2) is 22.6 Å². The van der Waals surface area contributed by atoms with Crippen molar-refractivity contribution in [3.8, 4) is 6.07 Å². The zero-order valence-electron chi connectivity index (χ0n) is 6.96. The Hall–Kier alpha value is -2.02. The molecule has 2 aliphatic rings. The summed E-state index contributed by atoms with van der Waals surface area (Å²) in [5.41, 5.74) is 0. The Kier molecular flexibility index (Phi) is 1.85. The van der Waals surface area contributed by atoms with E-state index in [2.05, 4.69) is 11.1 Å². The van der Waals surface area contributed by atoms with E-state index in [9.17, 15) is 0 Å².